The average molecular weight is 92.2 g/mol. The Kier molecular flexibility index (Phi) is 275. The van der Waals surface area contributed by atoms with Gasteiger partial charge in [0.1, 0.15) is 0 Å². The third kappa shape index (κ3) is 9.54. The predicted molar refractivity (Wildman–Crippen MR) is 25.2 cm³/mol. The van der Waals surface area contributed by atoms with Crippen LogP contribution in [0.5, 0.6) is 0 Å². The van der Waals surface area contributed by atoms with E-state index in [-0.39, 0.29) is 62.6 Å². The SMILES string of the molecule is [Al].[B].[H-].[H-].[Mg+2].[Si]. The van der Waals surface area contributed by atoms with Crippen LogP contribution in [0.2, 0.25) is 0 Å². The van der Waals surface area contributed by atoms with E-state index in [9.17, 15) is 0 Å². The molecule has 0 aromatic rings. The maximum absolute atomic E-state index is 0. The Balaban J connectivity index is 0. The second-order valence-corrected chi connectivity index (χ2v) is 0. The van der Waals surface area contributed by atoms with Gasteiger partial charge in [0.25, 0.3) is 0 Å². The van der Waals surface area contributed by atoms with Crippen LogP contribution in [-0.2, 0) is 0 Å². The van der Waals surface area contributed by atoms with E-state index in [0.29, 0.717) is 0 Å². The zero-order valence-electron chi connectivity index (χ0n) is 4.36. The van der Waals surface area contributed by atoms with Gasteiger partial charge in [-0.2, -0.15) is 0 Å². The summed E-state index contributed by atoms with van der Waals surface area (Å²) in [6.07, 6.45) is 0. The standard InChI is InChI=1S/Al.B.Mg.Si.2H/q;;+2;;2*-1. The number of rotatable bonds is 0. The van der Waals surface area contributed by atoms with Crippen molar-refractivity contribution in [2.24, 2.45) is 0 Å². The van der Waals surface area contributed by atoms with Gasteiger partial charge in [0.15, 0.2) is 0 Å². The van der Waals surface area contributed by atoms with Crippen molar-refractivity contribution in [3.63, 3.8) is 0 Å². The first-order chi connectivity index (χ1) is 0. The van der Waals surface area contributed by atoms with Gasteiger partial charge in [-0.05, 0) is 0 Å². The minimum absolute atomic E-state index is 0. The molecule has 0 rings (SSSR count). The molecule has 0 aromatic carbocycles. The maximum atomic E-state index is 0. The molecule has 0 saturated carbocycles. The van der Waals surface area contributed by atoms with Crippen LogP contribution in [0.25, 0.3) is 0 Å². The van der Waals surface area contributed by atoms with Crippen molar-refractivity contribution in [1.29, 1.82) is 0 Å². The molecule has 4 heavy (non-hydrogen) atoms. The third-order valence-electron chi connectivity index (χ3n) is 0. The molecule has 0 aromatic heterocycles. The van der Waals surface area contributed by atoms with Gasteiger partial charge in [-0.15, -0.1) is 0 Å². The van der Waals surface area contributed by atoms with Gasteiger partial charge in [-0.1, -0.05) is 0 Å². The van der Waals surface area contributed by atoms with Gasteiger partial charge >= 0.3 is 23.1 Å². The molecule has 10 radical (unpaired) electrons. The van der Waals surface area contributed by atoms with Crippen LogP contribution in [0.1, 0.15) is 2.85 Å². The molecule has 0 saturated heterocycles. The molecule has 0 aliphatic heterocycles. The summed E-state index contributed by atoms with van der Waals surface area (Å²) in [5.74, 6) is 0. The van der Waals surface area contributed by atoms with Crippen LogP contribution >= 0.6 is 0 Å². The quantitative estimate of drug-likeness (QED) is 0.326. The summed E-state index contributed by atoms with van der Waals surface area (Å²) >= 11 is 0. The molecule has 0 N–H and O–H groups in total. The van der Waals surface area contributed by atoms with Crippen molar-refractivity contribution >= 4 is 59.8 Å². The molecular formula is H2AlBMgSi. The van der Waals surface area contributed by atoms with E-state index in [1.54, 1.807) is 0 Å². The molecule has 0 atom stereocenters. The molecule has 0 nitrogen and oxygen atoms in total. The van der Waals surface area contributed by atoms with Crippen molar-refractivity contribution in [2.75, 3.05) is 0 Å². The molecule has 0 bridgehead atoms. The molecule has 0 fully saturated rings. The average Bonchev–Trinajstić information content (AvgIpc) is 0. The topological polar surface area (TPSA) is 0 Å². The molecule has 0 aliphatic rings. The summed E-state index contributed by atoms with van der Waals surface area (Å²) in [5, 5.41) is 0. The predicted octanol–water partition coefficient (Wildman–Crippen LogP) is -1.30. The first kappa shape index (κ1) is 46.9. The fourth-order valence-corrected chi connectivity index (χ4v) is 0. The number of hydrogen-bond donors (Lipinski definition) is 0. The zero-order valence-corrected chi connectivity index (χ0v) is 5.93. The second kappa shape index (κ2) is 23.5. The fraction of sp³-hybridized carbons (Fsp3) is 0. The molecule has 0 aliphatic carbocycles. The van der Waals surface area contributed by atoms with Crippen LogP contribution in [-0.4, -0.2) is 59.8 Å². The van der Waals surface area contributed by atoms with Crippen LogP contribution in [0.4, 0.5) is 0 Å². The van der Waals surface area contributed by atoms with Gasteiger partial charge in [0.2, 0.25) is 0 Å². The molecule has 0 unspecified atom stereocenters. The fourth-order valence-electron chi connectivity index (χ4n) is 0. The van der Waals surface area contributed by atoms with E-state index in [1.165, 1.54) is 0 Å². The van der Waals surface area contributed by atoms with Gasteiger partial charge in [-0.25, -0.2) is 0 Å². The Morgan fingerprint density at radius 2 is 1.25 bits per heavy atom. The Hall–Kier alpha value is 1.58. The largest absolute Gasteiger partial charge is 2.00 e. The van der Waals surface area contributed by atoms with Gasteiger partial charge in [0.05, 0.1) is 0 Å². The normalized spacial score (nSPS) is 0. The Labute approximate surface area is 62.6 Å². The molecule has 0 heterocycles. The van der Waals surface area contributed by atoms with Crippen molar-refractivity contribution in [1.82, 2.24) is 0 Å². The monoisotopic (exact) mass is 92.0 g/mol. The molecule has 0 spiro atoms. The minimum Gasteiger partial charge on any atom is -1.00 e. The van der Waals surface area contributed by atoms with E-state index in [1.807, 2.05) is 0 Å². The summed E-state index contributed by atoms with van der Waals surface area (Å²) < 4.78 is 0. The Bertz CT molecular complexity index is 13.5. The molecule has 0 amide bonds. The van der Waals surface area contributed by atoms with Gasteiger partial charge in [-0.3, -0.25) is 0 Å². The van der Waals surface area contributed by atoms with E-state index < -0.39 is 0 Å². The molecule has 4 heteroatoms. The second-order valence-electron chi connectivity index (χ2n) is 0. The summed E-state index contributed by atoms with van der Waals surface area (Å²) in [5.41, 5.74) is 0. The van der Waals surface area contributed by atoms with Crippen LogP contribution in [0.15, 0.2) is 0 Å². The van der Waals surface area contributed by atoms with E-state index in [0.717, 1.165) is 0 Å². The molecule has 14 valence electrons. The van der Waals surface area contributed by atoms with Crippen molar-refractivity contribution in [3.8, 4) is 0 Å². The van der Waals surface area contributed by atoms with Crippen LogP contribution in [0.3, 0.4) is 0 Å². The van der Waals surface area contributed by atoms with Gasteiger partial charge < -0.3 is 2.85 Å². The summed E-state index contributed by atoms with van der Waals surface area (Å²) in [4.78, 5) is 0. The van der Waals surface area contributed by atoms with Crippen LogP contribution < -0.4 is 0 Å². The van der Waals surface area contributed by atoms with Crippen molar-refractivity contribution in [3.05, 3.63) is 0 Å². The van der Waals surface area contributed by atoms with Crippen LogP contribution in [0, 0.1) is 0 Å². The number of hydrogen-bond acceptors (Lipinski definition) is 0. The Morgan fingerprint density at radius 1 is 1.25 bits per heavy atom. The zero-order chi connectivity index (χ0) is 0. The van der Waals surface area contributed by atoms with Crippen molar-refractivity contribution < 1.29 is 2.85 Å². The smallest absolute Gasteiger partial charge is 1.00 e. The maximum Gasteiger partial charge on any atom is 2.00 e. The van der Waals surface area contributed by atoms with E-state index in [2.05, 4.69) is 0 Å². The third-order valence-corrected chi connectivity index (χ3v) is 0. The van der Waals surface area contributed by atoms with E-state index >= 15 is 0 Å². The summed E-state index contributed by atoms with van der Waals surface area (Å²) in [7, 11) is 0. The van der Waals surface area contributed by atoms with Gasteiger partial charge in [0, 0.05) is 36.7 Å². The first-order valence-corrected chi connectivity index (χ1v) is 0. The van der Waals surface area contributed by atoms with E-state index in [4.69, 9.17) is 0 Å². The summed E-state index contributed by atoms with van der Waals surface area (Å²) in [6, 6.07) is 0. The minimum atomic E-state index is 0. The summed E-state index contributed by atoms with van der Waals surface area (Å²) in [6.45, 7) is 0. The van der Waals surface area contributed by atoms with Crippen molar-refractivity contribution in [2.45, 2.75) is 0 Å². The molecular weight excluding hydrogens is 90.2 g/mol. The Morgan fingerprint density at radius 3 is 1.25 bits per heavy atom. The first-order valence-electron chi connectivity index (χ1n) is 0.